The van der Waals surface area contributed by atoms with E-state index in [0.29, 0.717) is 6.42 Å². The summed E-state index contributed by atoms with van der Waals surface area (Å²) in [6.45, 7) is -0.232. The van der Waals surface area contributed by atoms with Crippen molar-refractivity contribution in [3.05, 3.63) is 42.0 Å². The van der Waals surface area contributed by atoms with Gasteiger partial charge in [-0.3, -0.25) is 4.79 Å². The van der Waals surface area contributed by atoms with Crippen LogP contribution in [0.25, 0.3) is 0 Å². The molecule has 1 heterocycles. The van der Waals surface area contributed by atoms with Gasteiger partial charge in [0.25, 0.3) is 0 Å². The maximum atomic E-state index is 12.7. The van der Waals surface area contributed by atoms with Gasteiger partial charge in [0.2, 0.25) is 0 Å². The van der Waals surface area contributed by atoms with Gasteiger partial charge in [0.05, 0.1) is 18.1 Å². The van der Waals surface area contributed by atoms with Crippen LogP contribution in [0, 0.1) is 11.8 Å². The maximum absolute atomic E-state index is 12.7. The fourth-order valence-electron chi connectivity index (χ4n) is 3.44. The third-order valence-corrected chi connectivity index (χ3v) is 4.71. The number of halogens is 3. The predicted octanol–water partition coefficient (Wildman–Crippen LogP) is 2.31. The summed E-state index contributed by atoms with van der Waals surface area (Å²) >= 11 is 0. The number of carbonyl (C=O) groups excluding carboxylic acids is 1. The first-order valence-corrected chi connectivity index (χ1v) is 8.28. The van der Waals surface area contributed by atoms with Crippen LogP contribution in [0.4, 0.5) is 13.2 Å². The van der Waals surface area contributed by atoms with Gasteiger partial charge in [-0.1, -0.05) is 18.2 Å². The van der Waals surface area contributed by atoms with Crippen LogP contribution in [-0.2, 0) is 15.7 Å². The summed E-state index contributed by atoms with van der Waals surface area (Å²) in [6.07, 6.45) is -2.85. The van der Waals surface area contributed by atoms with Gasteiger partial charge in [0.15, 0.2) is 0 Å². The van der Waals surface area contributed by atoms with Crippen LogP contribution in [0.1, 0.15) is 18.4 Å². The molecule has 8 heteroatoms. The quantitative estimate of drug-likeness (QED) is 0.613. The van der Waals surface area contributed by atoms with E-state index in [4.69, 9.17) is 9.47 Å². The van der Waals surface area contributed by atoms with Crippen LogP contribution in [0.15, 0.2) is 36.4 Å². The average Bonchev–Trinajstić information content (AvgIpc) is 3.05. The molecule has 1 aliphatic carbocycles. The third kappa shape index (κ3) is 4.19. The van der Waals surface area contributed by atoms with Crippen LogP contribution in [0.5, 0.6) is 5.75 Å². The molecule has 3 rings (SSSR count). The van der Waals surface area contributed by atoms with E-state index in [0.717, 1.165) is 12.1 Å². The SMILES string of the molecule is O=C1CC2C(CC(O)C2/C=C/C(O)COc2cccc(C(F)(F)F)c2)O1. The molecular formula is C18H19F3O5. The van der Waals surface area contributed by atoms with Gasteiger partial charge in [-0.05, 0) is 18.2 Å². The molecule has 142 valence electrons. The first kappa shape index (κ1) is 18.7. The van der Waals surface area contributed by atoms with Crippen molar-refractivity contribution in [3.63, 3.8) is 0 Å². The van der Waals surface area contributed by atoms with Crippen molar-refractivity contribution in [2.75, 3.05) is 6.61 Å². The van der Waals surface area contributed by atoms with Gasteiger partial charge in [-0.15, -0.1) is 0 Å². The van der Waals surface area contributed by atoms with Crippen LogP contribution >= 0.6 is 0 Å². The smallest absolute Gasteiger partial charge is 0.416 e. The second-order valence-corrected chi connectivity index (χ2v) is 6.57. The van der Waals surface area contributed by atoms with Gasteiger partial charge < -0.3 is 19.7 Å². The van der Waals surface area contributed by atoms with Crippen molar-refractivity contribution in [2.24, 2.45) is 11.8 Å². The highest BCUT2D eigenvalue weighted by Crippen LogP contribution is 2.42. The van der Waals surface area contributed by atoms with Gasteiger partial charge in [0, 0.05) is 18.3 Å². The third-order valence-electron chi connectivity index (χ3n) is 4.71. The zero-order chi connectivity index (χ0) is 18.9. The molecule has 0 bridgehead atoms. The van der Waals surface area contributed by atoms with Crippen molar-refractivity contribution in [2.45, 2.75) is 37.3 Å². The number of benzene rings is 1. The number of hydrogen-bond acceptors (Lipinski definition) is 5. The van der Waals surface area contributed by atoms with Crippen molar-refractivity contribution in [1.29, 1.82) is 0 Å². The molecule has 5 nitrogen and oxygen atoms in total. The zero-order valence-corrected chi connectivity index (χ0v) is 13.7. The van der Waals surface area contributed by atoms with E-state index in [1.165, 1.54) is 18.2 Å². The summed E-state index contributed by atoms with van der Waals surface area (Å²) in [6, 6.07) is 4.40. The minimum absolute atomic E-state index is 0.00281. The fourth-order valence-corrected chi connectivity index (χ4v) is 3.44. The monoisotopic (exact) mass is 372 g/mol. The molecule has 0 aromatic heterocycles. The molecule has 1 aromatic rings. The number of esters is 1. The number of alkyl halides is 3. The molecule has 1 aromatic carbocycles. The summed E-state index contributed by atoms with van der Waals surface area (Å²) in [5.41, 5.74) is -0.828. The van der Waals surface area contributed by atoms with E-state index in [1.54, 1.807) is 6.08 Å². The number of ether oxygens (including phenoxy) is 2. The highest BCUT2D eigenvalue weighted by molar-refractivity contribution is 5.72. The lowest BCUT2D eigenvalue weighted by molar-refractivity contribution is -0.142. The lowest BCUT2D eigenvalue weighted by Crippen LogP contribution is -2.20. The first-order valence-electron chi connectivity index (χ1n) is 8.28. The first-order chi connectivity index (χ1) is 12.2. The van der Waals surface area contributed by atoms with Crippen molar-refractivity contribution < 1.29 is 37.7 Å². The molecule has 1 saturated heterocycles. The van der Waals surface area contributed by atoms with Gasteiger partial charge in [-0.25, -0.2) is 0 Å². The second-order valence-electron chi connectivity index (χ2n) is 6.57. The lowest BCUT2D eigenvalue weighted by atomic mass is 9.91. The number of rotatable bonds is 5. The maximum Gasteiger partial charge on any atom is 0.416 e. The van der Waals surface area contributed by atoms with Gasteiger partial charge in [0.1, 0.15) is 24.6 Å². The zero-order valence-electron chi connectivity index (χ0n) is 13.7. The van der Waals surface area contributed by atoms with Gasteiger partial charge >= 0.3 is 12.1 Å². The molecule has 2 aliphatic rings. The molecule has 1 aliphatic heterocycles. The Labute approximate surface area is 148 Å². The van der Waals surface area contributed by atoms with E-state index >= 15 is 0 Å². The second kappa shape index (κ2) is 7.28. The lowest BCUT2D eigenvalue weighted by Gasteiger charge is -2.16. The summed E-state index contributed by atoms with van der Waals surface area (Å²) in [4.78, 5) is 11.3. The molecule has 0 radical (unpaired) electrons. The number of carbonyl (C=O) groups is 1. The van der Waals surface area contributed by atoms with Crippen molar-refractivity contribution in [1.82, 2.24) is 0 Å². The molecule has 1 saturated carbocycles. The van der Waals surface area contributed by atoms with Crippen molar-refractivity contribution in [3.8, 4) is 5.75 Å². The molecular weight excluding hydrogens is 353 g/mol. The Hall–Kier alpha value is -2.06. The average molecular weight is 372 g/mol. The van der Waals surface area contributed by atoms with Crippen LogP contribution in [0.3, 0.4) is 0 Å². The topological polar surface area (TPSA) is 76.0 Å². The molecule has 2 N–H and O–H groups in total. The molecule has 26 heavy (non-hydrogen) atoms. The van der Waals surface area contributed by atoms with Gasteiger partial charge in [-0.2, -0.15) is 13.2 Å². The Kier molecular flexibility index (Phi) is 5.24. The van der Waals surface area contributed by atoms with Crippen molar-refractivity contribution >= 4 is 5.97 Å². The Bertz CT molecular complexity index is 688. The number of aliphatic hydroxyl groups is 2. The normalized spacial score (nSPS) is 29.7. The largest absolute Gasteiger partial charge is 0.491 e. The predicted molar refractivity (Wildman–Crippen MR) is 84.2 cm³/mol. The number of aliphatic hydroxyl groups excluding tert-OH is 2. The minimum Gasteiger partial charge on any atom is -0.491 e. The van der Waals surface area contributed by atoms with E-state index in [-0.39, 0.29) is 42.7 Å². The van der Waals surface area contributed by atoms with Crippen LogP contribution in [-0.4, -0.2) is 41.1 Å². The Morgan fingerprint density at radius 3 is 2.88 bits per heavy atom. The molecule has 5 unspecified atom stereocenters. The Balaban J connectivity index is 1.55. The fraction of sp³-hybridized carbons (Fsp3) is 0.500. The summed E-state index contributed by atoms with van der Waals surface area (Å²) < 4.78 is 48.3. The molecule has 0 spiro atoms. The Morgan fingerprint density at radius 2 is 2.15 bits per heavy atom. The van der Waals surface area contributed by atoms with Crippen LogP contribution in [0.2, 0.25) is 0 Å². The highest BCUT2D eigenvalue weighted by atomic mass is 19.4. The van der Waals surface area contributed by atoms with E-state index < -0.39 is 23.9 Å². The Morgan fingerprint density at radius 1 is 1.38 bits per heavy atom. The minimum atomic E-state index is -4.46. The van der Waals surface area contributed by atoms with E-state index in [2.05, 4.69) is 0 Å². The van der Waals surface area contributed by atoms with E-state index in [9.17, 15) is 28.2 Å². The summed E-state index contributed by atoms with van der Waals surface area (Å²) in [5.74, 6) is -0.721. The summed E-state index contributed by atoms with van der Waals surface area (Å²) in [5, 5.41) is 20.0. The highest BCUT2D eigenvalue weighted by Gasteiger charge is 2.48. The molecule has 0 amide bonds. The standard InChI is InChI=1S/C18H19F3O5/c19-18(20,21)10-2-1-3-12(6-10)25-9-11(22)4-5-13-14-7-17(24)26-16(14)8-15(13)23/h1-6,11,13-16,22-23H,7-9H2/b5-4+. The number of hydrogen-bond donors (Lipinski definition) is 2. The molecule has 2 fully saturated rings. The van der Waals surface area contributed by atoms with E-state index in [1.807, 2.05) is 0 Å². The van der Waals surface area contributed by atoms with Crippen LogP contribution < -0.4 is 4.74 Å². The summed E-state index contributed by atoms with van der Waals surface area (Å²) in [7, 11) is 0. The number of fused-ring (bicyclic) bond motifs is 1. The molecule has 5 atom stereocenters.